The third-order valence-corrected chi connectivity index (χ3v) is 4.64. The summed E-state index contributed by atoms with van der Waals surface area (Å²) in [4.78, 5) is 12.3. The Morgan fingerprint density at radius 1 is 1.17 bits per heavy atom. The molecule has 4 nitrogen and oxygen atoms in total. The van der Waals surface area contributed by atoms with Crippen LogP contribution in [-0.2, 0) is 11.2 Å². The summed E-state index contributed by atoms with van der Waals surface area (Å²) in [6.45, 7) is 1.94. The largest absolute Gasteiger partial charge is 0.493 e. The van der Waals surface area contributed by atoms with Gasteiger partial charge in [-0.05, 0) is 42.3 Å². The Bertz CT molecular complexity index is 719. The van der Waals surface area contributed by atoms with Gasteiger partial charge in [0.05, 0.1) is 26.7 Å². The standard InChI is InChI=1S/C18H19BrClNO3/c1-11(12-4-6-14(20)7-5-12)21-18(22)9-13-8-16(23-2)17(24-3)10-15(13)19/h4-8,10-11H,9H2,1-3H3,(H,21,22). The smallest absolute Gasteiger partial charge is 0.224 e. The van der Waals surface area contributed by atoms with Crippen LogP contribution in [0.5, 0.6) is 11.5 Å². The van der Waals surface area contributed by atoms with Gasteiger partial charge in [-0.2, -0.15) is 0 Å². The summed E-state index contributed by atoms with van der Waals surface area (Å²) >= 11 is 9.35. The Morgan fingerprint density at radius 3 is 2.33 bits per heavy atom. The third kappa shape index (κ3) is 4.65. The molecule has 0 heterocycles. The van der Waals surface area contributed by atoms with Gasteiger partial charge >= 0.3 is 0 Å². The molecule has 0 aliphatic rings. The zero-order chi connectivity index (χ0) is 17.7. The van der Waals surface area contributed by atoms with Gasteiger partial charge in [-0.15, -0.1) is 0 Å². The number of nitrogens with one attached hydrogen (secondary N) is 1. The van der Waals surface area contributed by atoms with Gasteiger partial charge in [0.2, 0.25) is 5.91 Å². The minimum Gasteiger partial charge on any atom is -0.493 e. The number of rotatable bonds is 6. The first-order chi connectivity index (χ1) is 11.4. The van der Waals surface area contributed by atoms with Crippen LogP contribution in [0.25, 0.3) is 0 Å². The van der Waals surface area contributed by atoms with Gasteiger partial charge in [-0.1, -0.05) is 39.7 Å². The van der Waals surface area contributed by atoms with E-state index in [0.717, 1.165) is 15.6 Å². The van der Waals surface area contributed by atoms with Crippen LogP contribution >= 0.6 is 27.5 Å². The topological polar surface area (TPSA) is 47.6 Å². The van der Waals surface area contributed by atoms with Crippen molar-refractivity contribution in [3.63, 3.8) is 0 Å². The number of carbonyl (C=O) groups is 1. The molecular formula is C18H19BrClNO3. The highest BCUT2D eigenvalue weighted by Crippen LogP contribution is 2.33. The molecule has 0 radical (unpaired) electrons. The molecule has 0 saturated carbocycles. The lowest BCUT2D eigenvalue weighted by molar-refractivity contribution is -0.121. The molecule has 2 aromatic rings. The van der Waals surface area contributed by atoms with E-state index in [1.165, 1.54) is 0 Å². The molecule has 1 amide bonds. The maximum Gasteiger partial charge on any atom is 0.224 e. The SMILES string of the molecule is COc1cc(Br)c(CC(=O)NC(C)c2ccc(Cl)cc2)cc1OC. The van der Waals surface area contributed by atoms with Crippen LogP contribution in [-0.4, -0.2) is 20.1 Å². The van der Waals surface area contributed by atoms with Crippen molar-refractivity contribution in [2.45, 2.75) is 19.4 Å². The molecule has 128 valence electrons. The van der Waals surface area contributed by atoms with E-state index in [1.54, 1.807) is 26.4 Å². The van der Waals surface area contributed by atoms with E-state index < -0.39 is 0 Å². The third-order valence-electron chi connectivity index (χ3n) is 3.65. The zero-order valence-corrected chi connectivity index (χ0v) is 16.1. The molecule has 0 spiro atoms. The van der Waals surface area contributed by atoms with Crippen LogP contribution in [0.15, 0.2) is 40.9 Å². The molecule has 1 unspecified atom stereocenters. The molecule has 0 aromatic heterocycles. The highest BCUT2D eigenvalue weighted by Gasteiger charge is 2.15. The number of hydrogen-bond donors (Lipinski definition) is 1. The number of carbonyl (C=O) groups excluding carboxylic acids is 1. The second kappa shape index (κ2) is 8.40. The fraction of sp³-hybridized carbons (Fsp3) is 0.278. The Hall–Kier alpha value is -1.72. The molecule has 2 aromatic carbocycles. The van der Waals surface area contributed by atoms with Crippen molar-refractivity contribution in [2.24, 2.45) is 0 Å². The van der Waals surface area contributed by atoms with Crippen LogP contribution in [0.1, 0.15) is 24.1 Å². The van der Waals surface area contributed by atoms with E-state index >= 15 is 0 Å². The van der Waals surface area contributed by atoms with Crippen LogP contribution < -0.4 is 14.8 Å². The highest BCUT2D eigenvalue weighted by molar-refractivity contribution is 9.10. The quantitative estimate of drug-likeness (QED) is 0.758. The molecule has 0 aliphatic carbocycles. The Labute approximate surface area is 155 Å². The maximum absolute atomic E-state index is 12.3. The number of ether oxygens (including phenoxy) is 2. The van der Waals surface area contributed by atoms with E-state index in [9.17, 15) is 4.79 Å². The summed E-state index contributed by atoms with van der Waals surface area (Å²) < 4.78 is 11.3. The lowest BCUT2D eigenvalue weighted by Crippen LogP contribution is -2.28. The summed E-state index contributed by atoms with van der Waals surface area (Å²) in [5.41, 5.74) is 1.83. The van der Waals surface area contributed by atoms with Gasteiger partial charge in [-0.3, -0.25) is 4.79 Å². The average Bonchev–Trinajstić information content (AvgIpc) is 2.56. The normalized spacial score (nSPS) is 11.7. The summed E-state index contributed by atoms with van der Waals surface area (Å²) in [6, 6.07) is 10.9. The van der Waals surface area contributed by atoms with Crippen LogP contribution in [0.4, 0.5) is 0 Å². The number of halogens is 2. The van der Waals surface area contributed by atoms with E-state index in [2.05, 4.69) is 21.2 Å². The van der Waals surface area contributed by atoms with E-state index in [1.807, 2.05) is 31.2 Å². The van der Waals surface area contributed by atoms with Gasteiger partial charge in [-0.25, -0.2) is 0 Å². The Kier molecular flexibility index (Phi) is 6.52. The molecule has 2 rings (SSSR count). The predicted molar refractivity (Wildman–Crippen MR) is 99.0 cm³/mol. The van der Waals surface area contributed by atoms with E-state index in [4.69, 9.17) is 21.1 Å². The second-order valence-electron chi connectivity index (χ2n) is 5.32. The maximum atomic E-state index is 12.3. The van der Waals surface area contributed by atoms with Gasteiger partial charge in [0, 0.05) is 9.50 Å². The summed E-state index contributed by atoms with van der Waals surface area (Å²) in [5.74, 6) is 1.13. The monoisotopic (exact) mass is 411 g/mol. The zero-order valence-electron chi connectivity index (χ0n) is 13.7. The fourth-order valence-electron chi connectivity index (χ4n) is 2.33. The van der Waals surface area contributed by atoms with Crippen molar-refractivity contribution in [3.8, 4) is 11.5 Å². The van der Waals surface area contributed by atoms with Crippen molar-refractivity contribution >= 4 is 33.4 Å². The molecule has 1 atom stereocenters. The van der Waals surface area contributed by atoms with Gasteiger partial charge < -0.3 is 14.8 Å². The van der Waals surface area contributed by atoms with Crippen LogP contribution in [0, 0.1) is 0 Å². The lowest BCUT2D eigenvalue weighted by atomic mass is 10.1. The summed E-state index contributed by atoms with van der Waals surface area (Å²) in [7, 11) is 3.14. The molecule has 0 fully saturated rings. The lowest BCUT2D eigenvalue weighted by Gasteiger charge is -2.16. The second-order valence-corrected chi connectivity index (χ2v) is 6.61. The fourth-order valence-corrected chi connectivity index (χ4v) is 2.92. The van der Waals surface area contributed by atoms with Crippen LogP contribution in [0.3, 0.4) is 0 Å². The minimum absolute atomic E-state index is 0.0784. The van der Waals surface area contributed by atoms with E-state index in [-0.39, 0.29) is 18.4 Å². The number of benzene rings is 2. The number of methoxy groups -OCH3 is 2. The van der Waals surface area contributed by atoms with Crippen LogP contribution in [0.2, 0.25) is 5.02 Å². The summed E-state index contributed by atoms with van der Waals surface area (Å²) in [6.07, 6.45) is 0.235. The number of amides is 1. The van der Waals surface area contributed by atoms with Gasteiger partial charge in [0.15, 0.2) is 11.5 Å². The number of hydrogen-bond acceptors (Lipinski definition) is 3. The van der Waals surface area contributed by atoms with Crippen molar-refractivity contribution in [2.75, 3.05) is 14.2 Å². The predicted octanol–water partition coefficient (Wildman–Crippen LogP) is 4.54. The van der Waals surface area contributed by atoms with Gasteiger partial charge in [0.25, 0.3) is 0 Å². The first-order valence-electron chi connectivity index (χ1n) is 7.39. The highest BCUT2D eigenvalue weighted by atomic mass is 79.9. The van der Waals surface area contributed by atoms with Crippen molar-refractivity contribution in [3.05, 3.63) is 57.0 Å². The first-order valence-corrected chi connectivity index (χ1v) is 8.57. The van der Waals surface area contributed by atoms with Gasteiger partial charge in [0.1, 0.15) is 0 Å². The Morgan fingerprint density at radius 2 is 1.75 bits per heavy atom. The van der Waals surface area contributed by atoms with Crippen molar-refractivity contribution < 1.29 is 14.3 Å². The first kappa shape index (κ1) is 18.6. The van der Waals surface area contributed by atoms with E-state index in [0.29, 0.717) is 16.5 Å². The van der Waals surface area contributed by atoms with Crippen molar-refractivity contribution in [1.29, 1.82) is 0 Å². The summed E-state index contributed by atoms with van der Waals surface area (Å²) in [5, 5.41) is 3.66. The molecule has 0 bridgehead atoms. The molecule has 0 aliphatic heterocycles. The molecule has 1 N–H and O–H groups in total. The molecule has 6 heteroatoms. The molecule has 24 heavy (non-hydrogen) atoms. The Balaban J connectivity index is 2.08. The minimum atomic E-state index is -0.103. The average molecular weight is 413 g/mol. The molecular weight excluding hydrogens is 394 g/mol. The molecule has 0 saturated heterocycles. The van der Waals surface area contributed by atoms with Crippen molar-refractivity contribution in [1.82, 2.24) is 5.32 Å².